The van der Waals surface area contributed by atoms with Crippen molar-refractivity contribution >= 4 is 23.7 Å². The summed E-state index contributed by atoms with van der Waals surface area (Å²) in [5, 5.41) is 17.0. The van der Waals surface area contributed by atoms with E-state index in [1.54, 1.807) is 27.7 Å². The molecule has 0 aliphatic rings. The highest BCUT2D eigenvalue weighted by molar-refractivity contribution is 5.93. The van der Waals surface area contributed by atoms with E-state index < -0.39 is 41.8 Å². The van der Waals surface area contributed by atoms with Crippen molar-refractivity contribution in [3.63, 3.8) is 0 Å². The van der Waals surface area contributed by atoms with Crippen LogP contribution in [0.25, 0.3) is 0 Å². The SMILES string of the molecule is CC(C)CC(NC(=O)C(NC(=O)C(NC(=O)CN)C(C)C)C(C)C)C(=O)O. The zero-order chi connectivity index (χ0) is 21.3. The van der Waals surface area contributed by atoms with Gasteiger partial charge in [0, 0.05) is 0 Å². The van der Waals surface area contributed by atoms with Crippen molar-refractivity contribution in [2.75, 3.05) is 6.54 Å². The highest BCUT2D eigenvalue weighted by Gasteiger charge is 2.32. The molecule has 0 bridgehead atoms. The molecule has 0 saturated carbocycles. The van der Waals surface area contributed by atoms with Crippen molar-refractivity contribution in [1.82, 2.24) is 16.0 Å². The Bertz CT molecular complexity index is 534. The van der Waals surface area contributed by atoms with Crippen LogP contribution in [0.5, 0.6) is 0 Å². The molecule has 0 aromatic heterocycles. The van der Waals surface area contributed by atoms with E-state index in [9.17, 15) is 24.3 Å². The van der Waals surface area contributed by atoms with Crippen LogP contribution >= 0.6 is 0 Å². The normalized spacial score (nSPS) is 14.6. The molecular weight excluding hydrogens is 352 g/mol. The van der Waals surface area contributed by atoms with Crippen molar-refractivity contribution < 1.29 is 24.3 Å². The fourth-order valence-corrected chi connectivity index (χ4v) is 2.50. The fraction of sp³-hybridized carbons (Fsp3) is 0.778. The fourth-order valence-electron chi connectivity index (χ4n) is 2.50. The number of amides is 3. The summed E-state index contributed by atoms with van der Waals surface area (Å²) in [6, 6.07) is -2.81. The molecule has 9 nitrogen and oxygen atoms in total. The highest BCUT2D eigenvalue weighted by Crippen LogP contribution is 2.09. The first-order valence-electron chi connectivity index (χ1n) is 9.23. The summed E-state index contributed by atoms with van der Waals surface area (Å²) in [5.74, 6) is -3.10. The first kappa shape index (κ1) is 24.8. The molecule has 0 radical (unpaired) electrons. The summed E-state index contributed by atoms with van der Waals surface area (Å²) in [6.07, 6.45) is 0.279. The number of nitrogens with one attached hydrogen (secondary N) is 3. The van der Waals surface area contributed by atoms with E-state index >= 15 is 0 Å². The molecule has 6 N–H and O–H groups in total. The maximum Gasteiger partial charge on any atom is 0.326 e. The van der Waals surface area contributed by atoms with Gasteiger partial charge >= 0.3 is 5.97 Å². The number of carbonyl (C=O) groups excluding carboxylic acids is 3. The van der Waals surface area contributed by atoms with Crippen LogP contribution < -0.4 is 21.7 Å². The third-order valence-electron chi connectivity index (χ3n) is 4.02. The van der Waals surface area contributed by atoms with Gasteiger partial charge in [-0.2, -0.15) is 0 Å². The molecular formula is C18H34N4O5. The average molecular weight is 386 g/mol. The van der Waals surface area contributed by atoms with Crippen LogP contribution in [0.3, 0.4) is 0 Å². The van der Waals surface area contributed by atoms with Crippen LogP contribution in [0, 0.1) is 17.8 Å². The van der Waals surface area contributed by atoms with Gasteiger partial charge in [0.25, 0.3) is 0 Å². The van der Waals surface area contributed by atoms with Crippen LogP contribution in [0.4, 0.5) is 0 Å². The van der Waals surface area contributed by atoms with Gasteiger partial charge in [-0.05, 0) is 24.2 Å². The van der Waals surface area contributed by atoms with Gasteiger partial charge in [-0.1, -0.05) is 41.5 Å². The average Bonchev–Trinajstić information content (AvgIpc) is 2.54. The Balaban J connectivity index is 5.24. The van der Waals surface area contributed by atoms with Crippen molar-refractivity contribution in [2.24, 2.45) is 23.5 Å². The molecule has 156 valence electrons. The number of hydrogen-bond acceptors (Lipinski definition) is 5. The molecule has 9 heteroatoms. The van der Waals surface area contributed by atoms with Gasteiger partial charge in [0.05, 0.1) is 6.54 Å². The molecule has 27 heavy (non-hydrogen) atoms. The second kappa shape index (κ2) is 11.5. The predicted molar refractivity (Wildman–Crippen MR) is 102 cm³/mol. The smallest absolute Gasteiger partial charge is 0.326 e. The minimum atomic E-state index is -1.12. The maximum atomic E-state index is 12.6. The lowest BCUT2D eigenvalue weighted by molar-refractivity contribution is -0.143. The van der Waals surface area contributed by atoms with E-state index in [1.807, 2.05) is 13.8 Å². The van der Waals surface area contributed by atoms with Crippen LogP contribution in [-0.2, 0) is 19.2 Å². The van der Waals surface area contributed by atoms with Gasteiger partial charge in [-0.25, -0.2) is 4.79 Å². The van der Waals surface area contributed by atoms with Gasteiger partial charge in [0.1, 0.15) is 18.1 Å². The largest absolute Gasteiger partial charge is 0.480 e. The van der Waals surface area contributed by atoms with Gasteiger partial charge in [0.2, 0.25) is 17.7 Å². The number of hydrogen-bond donors (Lipinski definition) is 5. The third-order valence-corrected chi connectivity index (χ3v) is 4.02. The van der Waals surface area contributed by atoms with Crippen molar-refractivity contribution in [3.8, 4) is 0 Å². The molecule has 0 rings (SSSR count). The van der Waals surface area contributed by atoms with E-state index in [-0.39, 0.29) is 30.7 Å². The summed E-state index contributed by atoms with van der Waals surface area (Å²) in [5.41, 5.74) is 5.28. The van der Waals surface area contributed by atoms with Gasteiger partial charge < -0.3 is 26.8 Å². The Hall–Kier alpha value is -2.16. The van der Waals surface area contributed by atoms with Crippen molar-refractivity contribution in [3.05, 3.63) is 0 Å². The lowest BCUT2D eigenvalue weighted by Gasteiger charge is -2.28. The van der Waals surface area contributed by atoms with Crippen molar-refractivity contribution in [1.29, 1.82) is 0 Å². The molecule has 3 unspecified atom stereocenters. The quantitative estimate of drug-likeness (QED) is 0.333. The Morgan fingerprint density at radius 1 is 0.815 bits per heavy atom. The van der Waals surface area contributed by atoms with E-state index in [0.29, 0.717) is 0 Å². The molecule has 0 aliphatic heterocycles. The molecule has 0 aromatic rings. The molecule has 0 aliphatic carbocycles. The van der Waals surface area contributed by atoms with E-state index in [2.05, 4.69) is 16.0 Å². The molecule has 0 saturated heterocycles. The highest BCUT2D eigenvalue weighted by atomic mass is 16.4. The minimum Gasteiger partial charge on any atom is -0.480 e. The summed E-state index contributed by atoms with van der Waals surface area (Å²) in [7, 11) is 0. The lowest BCUT2D eigenvalue weighted by atomic mass is 9.98. The van der Waals surface area contributed by atoms with Crippen LogP contribution in [0.2, 0.25) is 0 Å². The zero-order valence-electron chi connectivity index (χ0n) is 17.0. The number of rotatable bonds is 11. The van der Waals surface area contributed by atoms with Crippen molar-refractivity contribution in [2.45, 2.75) is 66.1 Å². The Kier molecular flexibility index (Phi) is 10.6. The third kappa shape index (κ3) is 8.85. The molecule has 0 aromatic carbocycles. The molecule has 3 amide bonds. The zero-order valence-corrected chi connectivity index (χ0v) is 17.0. The predicted octanol–water partition coefficient (Wildman–Crippen LogP) is -0.158. The lowest BCUT2D eigenvalue weighted by Crippen LogP contribution is -2.58. The number of nitrogens with two attached hydrogens (primary N) is 1. The summed E-state index contributed by atoms with van der Waals surface area (Å²) >= 11 is 0. The van der Waals surface area contributed by atoms with Crippen LogP contribution in [0.15, 0.2) is 0 Å². The standard InChI is InChI=1S/C18H34N4O5/c1-9(2)7-12(18(26)27)20-16(24)15(11(5)6)22-17(25)14(10(3)4)21-13(23)8-19/h9-12,14-15H,7-8,19H2,1-6H3,(H,20,24)(H,21,23)(H,22,25)(H,26,27). The Morgan fingerprint density at radius 3 is 1.63 bits per heavy atom. The van der Waals surface area contributed by atoms with Gasteiger partial charge in [-0.15, -0.1) is 0 Å². The van der Waals surface area contributed by atoms with Crippen LogP contribution in [-0.4, -0.2) is 53.5 Å². The molecule has 3 atom stereocenters. The number of carboxylic acids is 1. The van der Waals surface area contributed by atoms with E-state index in [4.69, 9.17) is 5.73 Å². The summed E-state index contributed by atoms with van der Waals surface area (Å²) in [6.45, 7) is 10.5. The number of carbonyl (C=O) groups is 4. The second-order valence-electron chi connectivity index (χ2n) is 7.75. The topological polar surface area (TPSA) is 151 Å². The van der Waals surface area contributed by atoms with Crippen LogP contribution in [0.1, 0.15) is 48.0 Å². The summed E-state index contributed by atoms with van der Waals surface area (Å²) < 4.78 is 0. The minimum absolute atomic E-state index is 0.0790. The maximum absolute atomic E-state index is 12.6. The first-order chi connectivity index (χ1) is 12.4. The van der Waals surface area contributed by atoms with Gasteiger partial charge in [0.15, 0.2) is 0 Å². The number of carboxylic acid groups (broad SMARTS) is 1. The first-order valence-corrected chi connectivity index (χ1v) is 9.23. The van der Waals surface area contributed by atoms with E-state index in [0.717, 1.165) is 0 Å². The summed E-state index contributed by atoms with van der Waals surface area (Å²) in [4.78, 5) is 48.1. The van der Waals surface area contributed by atoms with Gasteiger partial charge in [-0.3, -0.25) is 14.4 Å². The van der Waals surface area contributed by atoms with E-state index in [1.165, 1.54) is 0 Å². The number of aliphatic carboxylic acids is 1. The Morgan fingerprint density at radius 2 is 1.26 bits per heavy atom. The monoisotopic (exact) mass is 386 g/mol. The Labute approximate surface area is 160 Å². The second-order valence-corrected chi connectivity index (χ2v) is 7.75. The molecule has 0 fully saturated rings. The molecule has 0 spiro atoms. The molecule has 0 heterocycles.